The molecule has 0 saturated heterocycles. The average molecular weight is 226 g/mol. The maximum absolute atomic E-state index is 13.2. The van der Waals surface area contributed by atoms with Crippen LogP contribution in [-0.2, 0) is 6.54 Å². The number of aromatic nitrogens is 1. The van der Waals surface area contributed by atoms with Gasteiger partial charge in [0.05, 0.1) is 5.69 Å². The number of hydrogen-bond acceptors (Lipinski definition) is 1. The predicted octanol–water partition coefficient (Wildman–Crippen LogP) is 3.04. The van der Waals surface area contributed by atoms with Gasteiger partial charge in [-0.25, -0.2) is 13.2 Å². The monoisotopic (exact) mass is 226 g/mol. The van der Waals surface area contributed by atoms with E-state index in [1.807, 2.05) is 0 Å². The van der Waals surface area contributed by atoms with Crippen LogP contribution in [0.1, 0.15) is 5.56 Å². The fraction of sp³-hybridized carbons (Fsp3) is 0.0909. The second kappa shape index (κ2) is 4.30. The molecule has 1 heterocycles. The molecule has 16 heavy (non-hydrogen) atoms. The minimum atomic E-state index is -1.19. The topological polar surface area (TPSA) is 27.8 Å². The van der Waals surface area contributed by atoms with Crippen molar-refractivity contribution in [3.05, 3.63) is 53.6 Å². The smallest absolute Gasteiger partial charge is 0.161 e. The molecular weight excluding hydrogens is 217 g/mol. The van der Waals surface area contributed by atoms with Crippen molar-refractivity contribution >= 4 is 5.69 Å². The number of rotatable bonds is 3. The maximum atomic E-state index is 13.2. The van der Waals surface area contributed by atoms with Gasteiger partial charge in [0.15, 0.2) is 11.6 Å². The Hall–Kier alpha value is -1.91. The summed E-state index contributed by atoms with van der Waals surface area (Å²) in [5.74, 6) is -3.07. The van der Waals surface area contributed by atoms with E-state index in [1.165, 1.54) is 0 Å². The van der Waals surface area contributed by atoms with E-state index in [0.29, 0.717) is 12.6 Å². The molecule has 0 fully saturated rings. The molecule has 0 aliphatic heterocycles. The summed E-state index contributed by atoms with van der Waals surface area (Å²) in [5.41, 5.74) is 0.837. The Morgan fingerprint density at radius 1 is 1.06 bits per heavy atom. The molecule has 1 aromatic carbocycles. The van der Waals surface area contributed by atoms with E-state index in [-0.39, 0.29) is 5.69 Å². The maximum Gasteiger partial charge on any atom is 0.161 e. The number of H-pyrrole nitrogens is 1. The lowest BCUT2D eigenvalue weighted by molar-refractivity contribution is 0.496. The minimum Gasteiger partial charge on any atom is -0.378 e. The summed E-state index contributed by atoms with van der Waals surface area (Å²) in [6.45, 7) is 0.339. The second-order valence-electron chi connectivity index (χ2n) is 3.32. The van der Waals surface area contributed by atoms with E-state index in [0.717, 1.165) is 11.6 Å². The summed E-state index contributed by atoms with van der Waals surface area (Å²) >= 11 is 0. The molecule has 0 amide bonds. The highest BCUT2D eigenvalue weighted by Gasteiger charge is 2.09. The molecule has 0 unspecified atom stereocenters. The van der Waals surface area contributed by atoms with Crippen molar-refractivity contribution in [1.82, 2.24) is 4.98 Å². The van der Waals surface area contributed by atoms with Gasteiger partial charge < -0.3 is 10.3 Å². The molecule has 0 atom stereocenters. The zero-order chi connectivity index (χ0) is 11.5. The molecule has 5 heteroatoms. The van der Waals surface area contributed by atoms with Gasteiger partial charge in [-0.3, -0.25) is 0 Å². The zero-order valence-electron chi connectivity index (χ0n) is 8.23. The van der Waals surface area contributed by atoms with Crippen molar-refractivity contribution in [2.75, 3.05) is 5.32 Å². The summed E-state index contributed by atoms with van der Waals surface area (Å²) in [6, 6.07) is 3.12. The fourth-order valence-electron chi connectivity index (χ4n) is 1.32. The van der Waals surface area contributed by atoms with Crippen LogP contribution in [0.2, 0.25) is 0 Å². The Morgan fingerprint density at radius 3 is 2.50 bits per heavy atom. The number of halogens is 3. The normalized spacial score (nSPS) is 10.4. The van der Waals surface area contributed by atoms with Gasteiger partial charge in [-0.2, -0.15) is 0 Å². The number of hydrogen-bond donors (Lipinski definition) is 2. The van der Waals surface area contributed by atoms with Crippen LogP contribution < -0.4 is 5.32 Å². The largest absolute Gasteiger partial charge is 0.378 e. The van der Waals surface area contributed by atoms with Gasteiger partial charge in [0.2, 0.25) is 0 Å². The fourth-order valence-corrected chi connectivity index (χ4v) is 1.32. The quantitative estimate of drug-likeness (QED) is 0.773. The molecule has 1 aromatic heterocycles. The van der Waals surface area contributed by atoms with Crippen LogP contribution in [0.5, 0.6) is 0 Å². The SMILES string of the molecule is Fc1cc(F)c(NCc2cc[nH]c2)cc1F. The Kier molecular flexibility index (Phi) is 2.85. The highest BCUT2D eigenvalue weighted by Crippen LogP contribution is 2.18. The van der Waals surface area contributed by atoms with E-state index in [4.69, 9.17) is 0 Å². The first-order valence-corrected chi connectivity index (χ1v) is 4.67. The van der Waals surface area contributed by atoms with Crippen molar-refractivity contribution < 1.29 is 13.2 Å². The molecule has 0 aliphatic carbocycles. The number of aromatic amines is 1. The van der Waals surface area contributed by atoms with Gasteiger partial charge in [0.1, 0.15) is 5.82 Å². The summed E-state index contributed by atoms with van der Waals surface area (Å²) in [6.07, 6.45) is 3.45. The highest BCUT2D eigenvalue weighted by molar-refractivity contribution is 5.45. The molecule has 0 spiro atoms. The van der Waals surface area contributed by atoms with E-state index in [9.17, 15) is 13.2 Å². The van der Waals surface area contributed by atoms with Crippen LogP contribution in [-0.4, -0.2) is 4.98 Å². The number of benzene rings is 1. The first kappa shape index (κ1) is 10.6. The van der Waals surface area contributed by atoms with Crippen LogP contribution in [0.15, 0.2) is 30.6 Å². The molecular formula is C11H9F3N2. The molecule has 0 radical (unpaired) electrons. The summed E-state index contributed by atoms with van der Waals surface area (Å²) in [7, 11) is 0. The first-order chi connectivity index (χ1) is 7.66. The molecule has 2 nitrogen and oxygen atoms in total. The molecule has 0 saturated carbocycles. The average Bonchev–Trinajstić information content (AvgIpc) is 2.74. The van der Waals surface area contributed by atoms with Crippen LogP contribution in [0, 0.1) is 17.5 Å². The van der Waals surface area contributed by atoms with Crippen LogP contribution in [0.4, 0.5) is 18.9 Å². The second-order valence-corrected chi connectivity index (χ2v) is 3.32. The van der Waals surface area contributed by atoms with Crippen LogP contribution in [0.25, 0.3) is 0 Å². The number of anilines is 1. The van der Waals surface area contributed by atoms with E-state index in [1.54, 1.807) is 18.5 Å². The van der Waals surface area contributed by atoms with Gasteiger partial charge in [-0.1, -0.05) is 0 Å². The van der Waals surface area contributed by atoms with Gasteiger partial charge in [0.25, 0.3) is 0 Å². The Morgan fingerprint density at radius 2 is 1.81 bits per heavy atom. The van der Waals surface area contributed by atoms with Crippen molar-refractivity contribution in [3.8, 4) is 0 Å². The van der Waals surface area contributed by atoms with Crippen LogP contribution in [0.3, 0.4) is 0 Å². The third-order valence-corrected chi connectivity index (χ3v) is 2.16. The van der Waals surface area contributed by atoms with Crippen molar-refractivity contribution in [1.29, 1.82) is 0 Å². The molecule has 2 N–H and O–H groups in total. The van der Waals surface area contributed by atoms with E-state index in [2.05, 4.69) is 10.3 Å². The van der Waals surface area contributed by atoms with Crippen molar-refractivity contribution in [3.63, 3.8) is 0 Å². The van der Waals surface area contributed by atoms with Gasteiger partial charge in [-0.15, -0.1) is 0 Å². The third-order valence-electron chi connectivity index (χ3n) is 2.16. The standard InChI is InChI=1S/C11H9F3N2/c12-8-3-10(14)11(4-9(8)13)16-6-7-1-2-15-5-7/h1-5,15-16H,6H2. The lowest BCUT2D eigenvalue weighted by atomic mass is 10.2. The van der Waals surface area contributed by atoms with E-state index >= 15 is 0 Å². The lowest BCUT2D eigenvalue weighted by Gasteiger charge is -2.06. The van der Waals surface area contributed by atoms with Gasteiger partial charge in [0, 0.05) is 31.1 Å². The molecule has 2 aromatic rings. The number of nitrogens with one attached hydrogen (secondary N) is 2. The van der Waals surface area contributed by atoms with Gasteiger partial charge >= 0.3 is 0 Å². The summed E-state index contributed by atoms with van der Waals surface area (Å²) in [5, 5.41) is 2.68. The predicted molar refractivity (Wildman–Crippen MR) is 54.4 cm³/mol. The summed E-state index contributed by atoms with van der Waals surface area (Å²) < 4.78 is 38.6. The molecule has 0 bridgehead atoms. The Balaban J connectivity index is 2.12. The lowest BCUT2D eigenvalue weighted by Crippen LogP contribution is -2.02. The third kappa shape index (κ3) is 2.18. The summed E-state index contributed by atoms with van der Waals surface area (Å²) in [4.78, 5) is 2.83. The van der Waals surface area contributed by atoms with E-state index < -0.39 is 17.5 Å². The molecule has 84 valence electrons. The van der Waals surface area contributed by atoms with Crippen LogP contribution >= 0.6 is 0 Å². The van der Waals surface area contributed by atoms with Gasteiger partial charge in [-0.05, 0) is 11.6 Å². The van der Waals surface area contributed by atoms with Crippen molar-refractivity contribution in [2.24, 2.45) is 0 Å². The molecule has 0 aliphatic rings. The van der Waals surface area contributed by atoms with Crippen molar-refractivity contribution in [2.45, 2.75) is 6.54 Å². The highest BCUT2D eigenvalue weighted by atomic mass is 19.2. The minimum absolute atomic E-state index is 0.0555. The zero-order valence-corrected chi connectivity index (χ0v) is 8.23. The Bertz CT molecular complexity index is 480. The first-order valence-electron chi connectivity index (χ1n) is 4.67. The Labute approximate surface area is 90.1 Å². The molecule has 2 rings (SSSR count).